The molecule has 1 aliphatic heterocycles. The Labute approximate surface area is 139 Å². The Morgan fingerprint density at radius 2 is 2.00 bits per heavy atom. The third-order valence-electron chi connectivity index (χ3n) is 4.46. The van der Waals surface area contributed by atoms with E-state index in [-0.39, 0.29) is 0 Å². The first-order valence-corrected chi connectivity index (χ1v) is 8.93. The second-order valence-corrected chi connectivity index (χ2v) is 7.19. The molecule has 0 aromatic carbocycles. The van der Waals surface area contributed by atoms with Gasteiger partial charge in [0.15, 0.2) is 0 Å². The molecule has 0 amide bonds. The van der Waals surface area contributed by atoms with E-state index in [0.717, 1.165) is 30.7 Å². The molecule has 22 heavy (non-hydrogen) atoms. The van der Waals surface area contributed by atoms with Gasteiger partial charge in [0.2, 0.25) is 0 Å². The average Bonchev–Trinajstić information content (AvgIpc) is 3.19. The summed E-state index contributed by atoms with van der Waals surface area (Å²) in [6.45, 7) is 3.13. The Morgan fingerprint density at radius 1 is 1.23 bits per heavy atom. The number of aromatic nitrogens is 2. The van der Waals surface area contributed by atoms with Gasteiger partial charge in [-0.2, -0.15) is 0 Å². The molecule has 1 aliphatic rings. The predicted octanol–water partition coefficient (Wildman–Crippen LogP) is 4.59. The first-order chi connectivity index (χ1) is 10.8. The molecule has 0 aliphatic carbocycles. The number of fused-ring (bicyclic) bond motifs is 1. The third-order valence-corrected chi connectivity index (χ3v) is 5.64. The van der Waals surface area contributed by atoms with Gasteiger partial charge in [-0.15, -0.1) is 11.3 Å². The lowest BCUT2D eigenvalue weighted by Crippen LogP contribution is -2.34. The minimum Gasteiger partial charge on any atom is -0.351 e. The topological polar surface area (TPSA) is 21.1 Å². The van der Waals surface area contributed by atoms with Crippen molar-refractivity contribution in [2.45, 2.75) is 25.4 Å². The fraction of sp³-hybridized carbons (Fsp3) is 0.353. The van der Waals surface area contributed by atoms with Crippen molar-refractivity contribution in [3.8, 4) is 0 Å². The largest absolute Gasteiger partial charge is 0.351 e. The highest BCUT2D eigenvalue weighted by Crippen LogP contribution is 2.28. The van der Waals surface area contributed by atoms with Crippen LogP contribution in [-0.2, 0) is 6.54 Å². The maximum Gasteiger partial charge on any atom is 0.134 e. The van der Waals surface area contributed by atoms with E-state index in [9.17, 15) is 0 Å². The first kappa shape index (κ1) is 14.2. The van der Waals surface area contributed by atoms with Crippen LogP contribution in [0, 0.1) is 0 Å². The number of pyridine rings is 1. The van der Waals surface area contributed by atoms with Gasteiger partial charge in [-0.1, -0.05) is 11.6 Å². The zero-order chi connectivity index (χ0) is 14.9. The highest BCUT2D eigenvalue weighted by atomic mass is 35.5. The van der Waals surface area contributed by atoms with Crippen molar-refractivity contribution in [3.05, 3.63) is 52.8 Å². The van der Waals surface area contributed by atoms with Crippen molar-refractivity contribution in [2.24, 2.45) is 0 Å². The number of hydrogen-bond acceptors (Lipinski definition) is 3. The summed E-state index contributed by atoms with van der Waals surface area (Å²) in [4.78, 5) is 6.99. The lowest BCUT2D eigenvalue weighted by Gasteiger charge is -2.32. The SMILES string of the molecule is Clc1nc2ccsc2cc1CN1CCC(n2cccc2)CC1. The van der Waals surface area contributed by atoms with E-state index in [1.165, 1.54) is 17.5 Å². The molecule has 0 N–H and O–H groups in total. The molecular formula is C17H18ClN3S. The Balaban J connectivity index is 1.44. The number of rotatable bonds is 3. The number of piperidine rings is 1. The third kappa shape index (κ3) is 2.78. The Morgan fingerprint density at radius 3 is 2.77 bits per heavy atom. The summed E-state index contributed by atoms with van der Waals surface area (Å²) in [5.74, 6) is 0. The van der Waals surface area contributed by atoms with Gasteiger partial charge in [0.25, 0.3) is 0 Å². The van der Waals surface area contributed by atoms with Crippen molar-refractivity contribution in [1.29, 1.82) is 0 Å². The number of likely N-dealkylation sites (tertiary alicyclic amines) is 1. The van der Waals surface area contributed by atoms with Gasteiger partial charge < -0.3 is 4.57 Å². The maximum atomic E-state index is 6.35. The summed E-state index contributed by atoms with van der Waals surface area (Å²) in [6.07, 6.45) is 6.74. The van der Waals surface area contributed by atoms with Crippen LogP contribution < -0.4 is 0 Å². The molecule has 1 fully saturated rings. The standard InChI is InChI=1S/C17H18ClN3S/c18-17-13(11-16-15(19-17)5-10-22-16)12-20-8-3-14(4-9-20)21-6-1-2-7-21/h1-2,5-7,10-11,14H,3-4,8-9,12H2. The van der Waals surface area contributed by atoms with Crippen LogP contribution in [0.1, 0.15) is 24.4 Å². The highest BCUT2D eigenvalue weighted by Gasteiger charge is 2.20. The summed E-state index contributed by atoms with van der Waals surface area (Å²) >= 11 is 8.08. The van der Waals surface area contributed by atoms with Gasteiger partial charge >= 0.3 is 0 Å². The molecule has 0 radical (unpaired) electrons. The van der Waals surface area contributed by atoms with E-state index in [1.54, 1.807) is 11.3 Å². The highest BCUT2D eigenvalue weighted by molar-refractivity contribution is 7.17. The average molecular weight is 332 g/mol. The summed E-state index contributed by atoms with van der Waals surface area (Å²) in [5, 5.41) is 2.72. The van der Waals surface area contributed by atoms with E-state index in [1.807, 2.05) is 6.07 Å². The zero-order valence-corrected chi connectivity index (χ0v) is 13.9. The van der Waals surface area contributed by atoms with Crippen LogP contribution in [0.15, 0.2) is 42.0 Å². The smallest absolute Gasteiger partial charge is 0.134 e. The Bertz CT molecular complexity index is 757. The van der Waals surface area contributed by atoms with Crippen LogP contribution in [0.25, 0.3) is 10.2 Å². The van der Waals surface area contributed by atoms with E-state index in [4.69, 9.17) is 11.6 Å². The molecule has 114 valence electrons. The summed E-state index contributed by atoms with van der Waals surface area (Å²) in [5.41, 5.74) is 2.15. The molecule has 0 spiro atoms. The lowest BCUT2D eigenvalue weighted by atomic mass is 10.0. The molecule has 3 aromatic heterocycles. The van der Waals surface area contributed by atoms with E-state index < -0.39 is 0 Å². The fourth-order valence-corrected chi connectivity index (χ4v) is 4.22. The monoisotopic (exact) mass is 331 g/mol. The van der Waals surface area contributed by atoms with Crippen LogP contribution in [-0.4, -0.2) is 27.5 Å². The van der Waals surface area contributed by atoms with E-state index in [0.29, 0.717) is 11.2 Å². The normalized spacial score (nSPS) is 17.3. The van der Waals surface area contributed by atoms with Crippen molar-refractivity contribution < 1.29 is 0 Å². The quantitative estimate of drug-likeness (QED) is 0.655. The molecule has 5 heteroatoms. The summed E-state index contributed by atoms with van der Waals surface area (Å²) in [6, 6.07) is 9.08. The first-order valence-electron chi connectivity index (χ1n) is 7.67. The van der Waals surface area contributed by atoms with E-state index in [2.05, 4.69) is 50.4 Å². The molecule has 0 atom stereocenters. The summed E-state index contributed by atoms with van der Waals surface area (Å²) < 4.78 is 3.56. The maximum absolute atomic E-state index is 6.35. The lowest BCUT2D eigenvalue weighted by molar-refractivity contribution is 0.180. The van der Waals surface area contributed by atoms with Gasteiger partial charge in [-0.25, -0.2) is 4.98 Å². The second-order valence-electron chi connectivity index (χ2n) is 5.88. The van der Waals surface area contributed by atoms with Crippen molar-refractivity contribution in [2.75, 3.05) is 13.1 Å². The molecule has 0 bridgehead atoms. The Kier molecular flexibility index (Phi) is 3.90. The Hall–Kier alpha value is -1.36. The van der Waals surface area contributed by atoms with Gasteiger partial charge in [0.05, 0.1) is 10.2 Å². The molecule has 3 aromatic rings. The van der Waals surface area contributed by atoms with Crippen LogP contribution in [0.5, 0.6) is 0 Å². The van der Waals surface area contributed by atoms with Crippen LogP contribution in [0.2, 0.25) is 5.15 Å². The van der Waals surface area contributed by atoms with Gasteiger partial charge in [-0.3, -0.25) is 4.90 Å². The van der Waals surface area contributed by atoms with Gasteiger partial charge in [0.1, 0.15) is 5.15 Å². The van der Waals surface area contributed by atoms with E-state index >= 15 is 0 Å². The molecule has 0 unspecified atom stereocenters. The summed E-state index contributed by atoms with van der Waals surface area (Å²) in [7, 11) is 0. The van der Waals surface area contributed by atoms with Gasteiger partial charge in [-0.05, 0) is 42.5 Å². The molecule has 1 saturated heterocycles. The van der Waals surface area contributed by atoms with Crippen LogP contribution in [0.3, 0.4) is 0 Å². The second kappa shape index (κ2) is 6.03. The number of hydrogen-bond donors (Lipinski definition) is 0. The van der Waals surface area contributed by atoms with Gasteiger partial charge in [0, 0.05) is 43.6 Å². The van der Waals surface area contributed by atoms with Crippen LogP contribution >= 0.6 is 22.9 Å². The molecule has 0 saturated carbocycles. The minimum absolute atomic E-state index is 0.639. The molecule has 4 rings (SSSR count). The van der Waals surface area contributed by atoms with Crippen molar-refractivity contribution in [3.63, 3.8) is 0 Å². The molecule has 3 nitrogen and oxygen atoms in total. The van der Waals surface area contributed by atoms with Crippen molar-refractivity contribution in [1.82, 2.24) is 14.5 Å². The zero-order valence-electron chi connectivity index (χ0n) is 12.3. The molecule has 4 heterocycles. The van der Waals surface area contributed by atoms with Crippen LogP contribution in [0.4, 0.5) is 0 Å². The number of halogens is 1. The predicted molar refractivity (Wildman–Crippen MR) is 92.6 cm³/mol. The fourth-order valence-electron chi connectivity index (χ4n) is 3.23. The van der Waals surface area contributed by atoms with Crippen molar-refractivity contribution >= 4 is 33.2 Å². The number of nitrogens with zero attached hydrogens (tertiary/aromatic N) is 3. The number of thiophene rings is 1. The minimum atomic E-state index is 0.639. The molecular weight excluding hydrogens is 314 g/mol.